The van der Waals surface area contributed by atoms with Gasteiger partial charge < -0.3 is 15.0 Å². The zero-order chi connectivity index (χ0) is 18.5. The number of ether oxygens (including phenoxy) is 1. The van der Waals surface area contributed by atoms with Gasteiger partial charge in [-0.25, -0.2) is 4.79 Å². The van der Waals surface area contributed by atoms with E-state index < -0.39 is 0 Å². The van der Waals surface area contributed by atoms with Gasteiger partial charge in [-0.3, -0.25) is 9.88 Å². The number of nitrogens with one attached hydrogen (secondary N) is 1. The van der Waals surface area contributed by atoms with Gasteiger partial charge in [-0.1, -0.05) is 18.2 Å². The molecule has 0 radical (unpaired) electrons. The van der Waals surface area contributed by atoms with Gasteiger partial charge in [0.1, 0.15) is 0 Å². The summed E-state index contributed by atoms with van der Waals surface area (Å²) in [6, 6.07) is 10.2. The van der Waals surface area contributed by atoms with Crippen molar-refractivity contribution < 1.29 is 9.53 Å². The molecule has 144 valence electrons. The van der Waals surface area contributed by atoms with E-state index in [0.717, 1.165) is 68.8 Å². The fourth-order valence-electron chi connectivity index (χ4n) is 4.05. The molecule has 2 aliphatic heterocycles. The summed E-state index contributed by atoms with van der Waals surface area (Å²) in [5.41, 5.74) is 2.01. The molecule has 0 spiro atoms. The largest absolute Gasteiger partial charge is 0.379 e. The highest BCUT2D eigenvalue weighted by Gasteiger charge is 2.25. The number of amides is 2. The zero-order valence-electron chi connectivity index (χ0n) is 15.8. The Hall–Kier alpha value is -2.18. The molecule has 1 aromatic carbocycles. The maximum absolute atomic E-state index is 12.6. The van der Waals surface area contributed by atoms with Crippen molar-refractivity contribution in [1.29, 1.82) is 0 Å². The monoisotopic (exact) mass is 368 g/mol. The minimum absolute atomic E-state index is 0.0369. The minimum atomic E-state index is 0.0369. The smallest absolute Gasteiger partial charge is 0.317 e. The maximum Gasteiger partial charge on any atom is 0.317 e. The Balaban J connectivity index is 1.29. The summed E-state index contributed by atoms with van der Waals surface area (Å²) in [4.78, 5) is 21.5. The fraction of sp³-hybridized carbons (Fsp3) is 0.524. The van der Waals surface area contributed by atoms with E-state index in [1.807, 2.05) is 29.3 Å². The number of nitrogens with zero attached hydrogens (tertiary/aromatic N) is 3. The third-order valence-electron chi connectivity index (χ3n) is 5.52. The van der Waals surface area contributed by atoms with Crippen LogP contribution in [0.15, 0.2) is 36.5 Å². The molecule has 1 aromatic heterocycles. The van der Waals surface area contributed by atoms with Crippen molar-refractivity contribution in [1.82, 2.24) is 20.1 Å². The SMILES string of the molecule is O=C(NCc1cnc2ccccc2c1)N1CCC[C@H](CN2CCOCC2)C1. The number of hydrogen-bond acceptors (Lipinski definition) is 4. The van der Waals surface area contributed by atoms with Crippen LogP contribution in [0.4, 0.5) is 4.79 Å². The predicted octanol–water partition coefficient (Wildman–Crippen LogP) is 2.49. The van der Waals surface area contributed by atoms with Gasteiger partial charge in [0.15, 0.2) is 0 Å². The molecule has 0 bridgehead atoms. The lowest BCUT2D eigenvalue weighted by atomic mass is 9.97. The second-order valence-corrected chi connectivity index (χ2v) is 7.56. The normalized spacial score (nSPS) is 21.3. The lowest BCUT2D eigenvalue weighted by Crippen LogP contribution is -2.48. The highest BCUT2D eigenvalue weighted by molar-refractivity contribution is 5.79. The second-order valence-electron chi connectivity index (χ2n) is 7.56. The summed E-state index contributed by atoms with van der Waals surface area (Å²) < 4.78 is 5.43. The van der Waals surface area contributed by atoms with Crippen LogP contribution in [0.3, 0.4) is 0 Å². The van der Waals surface area contributed by atoms with E-state index in [9.17, 15) is 4.79 Å². The number of benzene rings is 1. The van der Waals surface area contributed by atoms with Crippen molar-refractivity contribution in [3.63, 3.8) is 0 Å². The number of carbonyl (C=O) groups is 1. The summed E-state index contributed by atoms with van der Waals surface area (Å²) >= 11 is 0. The van der Waals surface area contributed by atoms with Crippen LogP contribution in [-0.2, 0) is 11.3 Å². The summed E-state index contributed by atoms with van der Waals surface area (Å²) in [5.74, 6) is 0.560. The minimum Gasteiger partial charge on any atom is -0.379 e. The Kier molecular flexibility index (Phi) is 5.84. The Bertz CT molecular complexity index is 776. The molecule has 2 aliphatic rings. The molecule has 0 aliphatic carbocycles. The fourth-order valence-corrected chi connectivity index (χ4v) is 4.05. The number of urea groups is 1. The van der Waals surface area contributed by atoms with Crippen LogP contribution in [0, 0.1) is 5.92 Å². The zero-order valence-corrected chi connectivity index (χ0v) is 15.8. The molecular formula is C21H28N4O2. The molecule has 2 fully saturated rings. The van der Waals surface area contributed by atoms with E-state index >= 15 is 0 Å². The van der Waals surface area contributed by atoms with E-state index in [1.165, 1.54) is 6.42 Å². The third-order valence-corrected chi connectivity index (χ3v) is 5.52. The van der Waals surface area contributed by atoms with E-state index in [1.54, 1.807) is 0 Å². The number of hydrogen-bond donors (Lipinski definition) is 1. The van der Waals surface area contributed by atoms with Gasteiger partial charge in [0.25, 0.3) is 0 Å². The number of morpholine rings is 1. The van der Waals surface area contributed by atoms with Crippen LogP contribution in [0.5, 0.6) is 0 Å². The van der Waals surface area contributed by atoms with Crippen molar-refractivity contribution in [3.8, 4) is 0 Å². The van der Waals surface area contributed by atoms with Crippen LogP contribution in [-0.4, -0.2) is 66.8 Å². The molecule has 3 heterocycles. The van der Waals surface area contributed by atoms with Crippen LogP contribution in [0.25, 0.3) is 10.9 Å². The molecule has 2 amide bonds. The first-order chi connectivity index (χ1) is 13.3. The van der Waals surface area contributed by atoms with Gasteiger partial charge in [-0.2, -0.15) is 0 Å². The molecule has 6 nitrogen and oxygen atoms in total. The summed E-state index contributed by atoms with van der Waals surface area (Å²) in [6.07, 6.45) is 4.13. The second kappa shape index (κ2) is 8.67. The number of fused-ring (bicyclic) bond motifs is 1. The van der Waals surface area contributed by atoms with E-state index in [4.69, 9.17) is 4.74 Å². The van der Waals surface area contributed by atoms with Crippen LogP contribution in [0.2, 0.25) is 0 Å². The van der Waals surface area contributed by atoms with Crippen molar-refractivity contribution in [2.45, 2.75) is 19.4 Å². The Morgan fingerprint density at radius 1 is 1.22 bits per heavy atom. The van der Waals surface area contributed by atoms with Gasteiger partial charge in [0.2, 0.25) is 0 Å². The lowest BCUT2D eigenvalue weighted by Gasteiger charge is -2.36. The highest BCUT2D eigenvalue weighted by atomic mass is 16.5. The quantitative estimate of drug-likeness (QED) is 0.901. The number of carbonyl (C=O) groups excluding carboxylic acids is 1. The van der Waals surface area contributed by atoms with Crippen LogP contribution >= 0.6 is 0 Å². The Morgan fingerprint density at radius 3 is 2.96 bits per heavy atom. The molecule has 2 saturated heterocycles. The number of likely N-dealkylation sites (tertiary alicyclic amines) is 1. The number of para-hydroxylation sites is 1. The van der Waals surface area contributed by atoms with E-state index in [0.29, 0.717) is 12.5 Å². The van der Waals surface area contributed by atoms with Crippen molar-refractivity contribution in [3.05, 3.63) is 42.1 Å². The molecule has 1 atom stereocenters. The first kappa shape index (κ1) is 18.2. The number of rotatable bonds is 4. The van der Waals surface area contributed by atoms with Crippen LogP contribution < -0.4 is 5.32 Å². The molecule has 27 heavy (non-hydrogen) atoms. The van der Waals surface area contributed by atoms with E-state index in [2.05, 4.69) is 27.3 Å². The average Bonchev–Trinajstić information content (AvgIpc) is 2.73. The molecule has 6 heteroatoms. The molecular weight excluding hydrogens is 340 g/mol. The van der Waals surface area contributed by atoms with Crippen molar-refractivity contribution in [2.24, 2.45) is 5.92 Å². The van der Waals surface area contributed by atoms with Gasteiger partial charge in [0.05, 0.1) is 18.7 Å². The number of pyridine rings is 1. The molecule has 4 rings (SSSR count). The standard InChI is InChI=1S/C21H28N4O2/c26-21(23-14-18-12-19-5-1-2-6-20(19)22-13-18)25-7-3-4-17(16-25)15-24-8-10-27-11-9-24/h1-2,5-6,12-13,17H,3-4,7-11,14-16H2,(H,23,26)/t17-/m1/s1. The number of aromatic nitrogens is 1. The van der Waals surface area contributed by atoms with Gasteiger partial charge in [0, 0.05) is 50.9 Å². The first-order valence-electron chi connectivity index (χ1n) is 9.94. The lowest BCUT2D eigenvalue weighted by molar-refractivity contribution is 0.0249. The highest BCUT2D eigenvalue weighted by Crippen LogP contribution is 2.19. The van der Waals surface area contributed by atoms with Crippen molar-refractivity contribution in [2.75, 3.05) is 45.9 Å². The molecule has 2 aromatic rings. The third kappa shape index (κ3) is 4.76. The molecule has 0 unspecified atom stereocenters. The number of piperidine rings is 1. The van der Waals surface area contributed by atoms with E-state index in [-0.39, 0.29) is 6.03 Å². The van der Waals surface area contributed by atoms with Crippen molar-refractivity contribution >= 4 is 16.9 Å². The summed E-state index contributed by atoms with van der Waals surface area (Å²) in [6.45, 7) is 6.96. The topological polar surface area (TPSA) is 57.7 Å². The van der Waals surface area contributed by atoms with Gasteiger partial charge >= 0.3 is 6.03 Å². The van der Waals surface area contributed by atoms with Crippen LogP contribution in [0.1, 0.15) is 18.4 Å². The summed E-state index contributed by atoms with van der Waals surface area (Å²) in [5, 5.41) is 4.18. The Labute approximate surface area is 160 Å². The van der Waals surface area contributed by atoms with Gasteiger partial charge in [-0.05, 0) is 36.5 Å². The predicted molar refractivity (Wildman–Crippen MR) is 106 cm³/mol. The molecule has 1 N–H and O–H groups in total. The average molecular weight is 368 g/mol. The Morgan fingerprint density at radius 2 is 2.07 bits per heavy atom. The first-order valence-corrected chi connectivity index (χ1v) is 9.94. The maximum atomic E-state index is 12.6. The summed E-state index contributed by atoms with van der Waals surface area (Å²) in [7, 11) is 0. The molecule has 0 saturated carbocycles. The van der Waals surface area contributed by atoms with Gasteiger partial charge in [-0.15, -0.1) is 0 Å².